The number of rotatable bonds is 7. The van der Waals surface area contributed by atoms with E-state index >= 15 is 0 Å². The van der Waals surface area contributed by atoms with E-state index in [-0.39, 0.29) is 6.10 Å². The maximum Gasteiger partial charge on any atom is 0.221 e. The van der Waals surface area contributed by atoms with E-state index in [0.717, 1.165) is 11.9 Å². The van der Waals surface area contributed by atoms with Gasteiger partial charge in [-0.1, -0.05) is 32.0 Å². The number of nitrogens with zero attached hydrogens (tertiary/aromatic N) is 1. The molecule has 0 radical (unpaired) electrons. The summed E-state index contributed by atoms with van der Waals surface area (Å²) in [5.41, 5.74) is 1.19. The predicted octanol–water partition coefficient (Wildman–Crippen LogP) is 3.15. The molecule has 0 amide bonds. The van der Waals surface area contributed by atoms with Crippen LogP contribution in [0.15, 0.2) is 30.5 Å². The minimum absolute atomic E-state index is 0.0226. The lowest BCUT2D eigenvalue weighted by Crippen LogP contribution is -2.22. The fourth-order valence-corrected chi connectivity index (χ4v) is 2.23. The van der Waals surface area contributed by atoms with Crippen LogP contribution >= 0.6 is 0 Å². The molecule has 1 N–H and O–H groups in total. The first-order valence-electron chi connectivity index (χ1n) is 7.37. The van der Waals surface area contributed by atoms with Crippen LogP contribution in [0.4, 0.5) is 0 Å². The van der Waals surface area contributed by atoms with Gasteiger partial charge in [0.1, 0.15) is 6.10 Å². The first-order valence-corrected chi connectivity index (χ1v) is 7.37. The minimum atomic E-state index is -0.0226. The molecule has 1 unspecified atom stereocenters. The highest BCUT2D eigenvalue weighted by atomic mass is 16.5. The van der Waals surface area contributed by atoms with Gasteiger partial charge in [-0.05, 0) is 23.9 Å². The Morgan fingerprint density at radius 3 is 2.52 bits per heavy atom. The normalized spacial score (nSPS) is 12.8. The molecule has 0 aliphatic rings. The molecule has 0 bridgehead atoms. The number of fused-ring (bicyclic) bond motifs is 1. The summed E-state index contributed by atoms with van der Waals surface area (Å²) in [4.78, 5) is 4.49. The average Bonchev–Trinajstić information content (AvgIpc) is 2.46. The van der Waals surface area contributed by atoms with Crippen molar-refractivity contribution in [1.29, 1.82) is 0 Å². The molecule has 0 saturated carbocycles. The Hall–Kier alpha value is -1.65. The second-order valence-electron chi connectivity index (χ2n) is 5.55. The summed E-state index contributed by atoms with van der Waals surface area (Å²) in [6.45, 7) is 7.61. The summed E-state index contributed by atoms with van der Waals surface area (Å²) in [6, 6.07) is 8.67. The largest absolute Gasteiger partial charge is 0.472 e. The zero-order chi connectivity index (χ0) is 15.2. The van der Waals surface area contributed by atoms with Crippen LogP contribution in [0.3, 0.4) is 0 Å². The van der Waals surface area contributed by atoms with Crippen molar-refractivity contribution in [3.63, 3.8) is 0 Å². The summed E-state index contributed by atoms with van der Waals surface area (Å²) in [5.74, 6) is 0.670. The van der Waals surface area contributed by atoms with Crippen LogP contribution in [-0.4, -0.2) is 30.8 Å². The van der Waals surface area contributed by atoms with E-state index in [1.165, 1.54) is 10.9 Å². The smallest absolute Gasteiger partial charge is 0.221 e. The molecule has 2 rings (SSSR count). The zero-order valence-corrected chi connectivity index (χ0v) is 13.2. The second-order valence-corrected chi connectivity index (χ2v) is 5.55. The van der Waals surface area contributed by atoms with Gasteiger partial charge in [0.25, 0.3) is 0 Å². The lowest BCUT2D eigenvalue weighted by molar-refractivity contribution is 0.0901. The monoisotopic (exact) mass is 288 g/mol. The van der Waals surface area contributed by atoms with Gasteiger partial charge >= 0.3 is 0 Å². The Morgan fingerprint density at radius 1 is 1.14 bits per heavy atom. The van der Waals surface area contributed by atoms with E-state index in [1.54, 1.807) is 7.11 Å². The van der Waals surface area contributed by atoms with Gasteiger partial charge in [0.15, 0.2) is 0 Å². The SMILES string of the molecule is COCC(C)Oc1ncc(CNC(C)C)c2ccccc12. The molecule has 2 aromatic rings. The van der Waals surface area contributed by atoms with Crippen LogP contribution in [0.25, 0.3) is 10.8 Å². The van der Waals surface area contributed by atoms with Crippen LogP contribution in [-0.2, 0) is 11.3 Å². The standard InChI is InChI=1S/C17H24N2O2/c1-12(2)18-9-14-10-19-17(21-13(3)11-20-4)16-8-6-5-7-15(14)16/h5-8,10,12-13,18H,9,11H2,1-4H3. The number of nitrogens with one attached hydrogen (secondary N) is 1. The van der Waals surface area contributed by atoms with E-state index in [0.29, 0.717) is 18.5 Å². The lowest BCUT2D eigenvalue weighted by Gasteiger charge is -2.16. The van der Waals surface area contributed by atoms with Gasteiger partial charge in [-0.2, -0.15) is 0 Å². The minimum Gasteiger partial charge on any atom is -0.472 e. The Balaban J connectivity index is 2.30. The molecule has 0 aliphatic carbocycles. The van der Waals surface area contributed by atoms with Crippen molar-refractivity contribution in [2.75, 3.05) is 13.7 Å². The summed E-state index contributed by atoms with van der Waals surface area (Å²) in [5, 5.41) is 5.66. The van der Waals surface area contributed by atoms with Gasteiger partial charge in [-0.25, -0.2) is 4.98 Å². The molecule has 1 heterocycles. The number of methoxy groups -OCH3 is 1. The maximum atomic E-state index is 5.89. The molecule has 0 saturated heterocycles. The van der Waals surface area contributed by atoms with Gasteiger partial charge in [0, 0.05) is 31.3 Å². The molecular weight excluding hydrogens is 264 g/mol. The van der Waals surface area contributed by atoms with Crippen molar-refractivity contribution in [3.8, 4) is 5.88 Å². The Bertz CT molecular complexity index is 584. The maximum absolute atomic E-state index is 5.89. The highest BCUT2D eigenvalue weighted by Gasteiger charge is 2.11. The average molecular weight is 288 g/mol. The summed E-state index contributed by atoms with van der Waals surface area (Å²) in [6.07, 6.45) is 1.87. The second kappa shape index (κ2) is 7.38. The van der Waals surface area contributed by atoms with E-state index < -0.39 is 0 Å². The zero-order valence-electron chi connectivity index (χ0n) is 13.2. The highest BCUT2D eigenvalue weighted by Crippen LogP contribution is 2.26. The Kier molecular flexibility index (Phi) is 5.53. The number of hydrogen-bond donors (Lipinski definition) is 1. The Morgan fingerprint density at radius 2 is 1.86 bits per heavy atom. The summed E-state index contributed by atoms with van der Waals surface area (Å²) >= 11 is 0. The number of pyridine rings is 1. The number of ether oxygens (including phenoxy) is 2. The molecule has 1 aromatic heterocycles. The van der Waals surface area contributed by atoms with E-state index in [4.69, 9.17) is 9.47 Å². The van der Waals surface area contributed by atoms with Gasteiger partial charge < -0.3 is 14.8 Å². The molecule has 0 spiro atoms. The first kappa shape index (κ1) is 15.7. The van der Waals surface area contributed by atoms with E-state index in [2.05, 4.69) is 36.3 Å². The molecule has 0 fully saturated rings. The first-order chi connectivity index (χ1) is 10.1. The van der Waals surface area contributed by atoms with Crippen LogP contribution in [0, 0.1) is 0 Å². The molecule has 114 valence electrons. The highest BCUT2D eigenvalue weighted by molar-refractivity contribution is 5.89. The fourth-order valence-electron chi connectivity index (χ4n) is 2.23. The van der Waals surface area contributed by atoms with Crippen molar-refractivity contribution >= 4 is 10.8 Å². The molecule has 1 aromatic carbocycles. The summed E-state index contributed by atoms with van der Waals surface area (Å²) in [7, 11) is 1.67. The van der Waals surface area contributed by atoms with Crippen molar-refractivity contribution in [3.05, 3.63) is 36.0 Å². The van der Waals surface area contributed by atoms with Gasteiger partial charge in [-0.15, -0.1) is 0 Å². The van der Waals surface area contributed by atoms with Crippen LogP contribution < -0.4 is 10.1 Å². The van der Waals surface area contributed by atoms with Crippen LogP contribution in [0.1, 0.15) is 26.3 Å². The van der Waals surface area contributed by atoms with Crippen molar-refractivity contribution in [2.45, 2.75) is 39.5 Å². The van der Waals surface area contributed by atoms with Crippen LogP contribution in [0.5, 0.6) is 5.88 Å². The predicted molar refractivity (Wildman–Crippen MR) is 85.7 cm³/mol. The molecule has 21 heavy (non-hydrogen) atoms. The molecule has 4 heteroatoms. The van der Waals surface area contributed by atoms with Crippen molar-refractivity contribution < 1.29 is 9.47 Å². The van der Waals surface area contributed by atoms with Gasteiger partial charge in [0.2, 0.25) is 5.88 Å². The van der Waals surface area contributed by atoms with Crippen molar-refractivity contribution in [2.24, 2.45) is 0 Å². The third-order valence-corrected chi connectivity index (χ3v) is 3.26. The fraction of sp³-hybridized carbons (Fsp3) is 0.471. The Labute approximate surface area is 126 Å². The third-order valence-electron chi connectivity index (χ3n) is 3.26. The van der Waals surface area contributed by atoms with E-state index in [9.17, 15) is 0 Å². The van der Waals surface area contributed by atoms with Crippen molar-refractivity contribution in [1.82, 2.24) is 10.3 Å². The number of hydrogen-bond acceptors (Lipinski definition) is 4. The quantitative estimate of drug-likeness (QED) is 0.850. The molecule has 1 atom stereocenters. The van der Waals surface area contributed by atoms with Gasteiger partial charge in [-0.3, -0.25) is 0 Å². The van der Waals surface area contributed by atoms with Crippen LogP contribution in [0.2, 0.25) is 0 Å². The molecular formula is C17H24N2O2. The molecule has 0 aliphatic heterocycles. The molecule has 4 nitrogen and oxygen atoms in total. The van der Waals surface area contributed by atoms with Gasteiger partial charge in [0.05, 0.1) is 6.61 Å². The number of benzene rings is 1. The third kappa shape index (κ3) is 4.16. The summed E-state index contributed by atoms with van der Waals surface area (Å²) < 4.78 is 11.0. The number of aromatic nitrogens is 1. The van der Waals surface area contributed by atoms with E-state index in [1.807, 2.05) is 25.3 Å². The topological polar surface area (TPSA) is 43.4 Å². The lowest BCUT2D eigenvalue weighted by atomic mass is 10.1.